The molecule has 0 saturated heterocycles. The first-order valence-corrected chi connectivity index (χ1v) is 9.64. The van der Waals surface area contributed by atoms with Crippen molar-refractivity contribution in [2.75, 3.05) is 4.72 Å². The third-order valence-corrected chi connectivity index (χ3v) is 5.42. The summed E-state index contributed by atoms with van der Waals surface area (Å²) in [5, 5.41) is 0.197. The molecule has 0 atom stereocenters. The van der Waals surface area contributed by atoms with E-state index >= 15 is 0 Å². The van der Waals surface area contributed by atoms with Crippen molar-refractivity contribution in [1.82, 2.24) is 9.97 Å². The van der Waals surface area contributed by atoms with Crippen LogP contribution in [0.25, 0.3) is 11.0 Å². The minimum atomic E-state index is -3.78. The van der Waals surface area contributed by atoms with E-state index in [4.69, 9.17) is 11.6 Å². The Bertz CT molecular complexity index is 1070. The molecule has 2 aromatic carbocycles. The van der Waals surface area contributed by atoms with Gasteiger partial charge in [0.2, 0.25) is 0 Å². The summed E-state index contributed by atoms with van der Waals surface area (Å²) in [5.41, 5.74) is 1.89. The predicted molar refractivity (Wildman–Crippen MR) is 99.7 cm³/mol. The van der Waals surface area contributed by atoms with Crippen LogP contribution < -0.4 is 10.4 Å². The molecule has 25 heavy (non-hydrogen) atoms. The van der Waals surface area contributed by atoms with Crippen molar-refractivity contribution in [2.24, 2.45) is 5.92 Å². The number of anilines is 1. The standard InChI is InChI=1S/C17H18ClN3O3S/c1-10(2)7-11-3-5-12(6-4-11)25(23,24)21-14-9-16-15(8-13(14)18)19-17(22)20-16/h3-6,8-10,21H,7H2,1-2H3,(H2,19,20,22). The zero-order valence-electron chi connectivity index (χ0n) is 13.8. The van der Waals surface area contributed by atoms with Crippen molar-refractivity contribution in [3.8, 4) is 0 Å². The number of benzene rings is 2. The van der Waals surface area contributed by atoms with Gasteiger partial charge in [0.05, 0.1) is 26.6 Å². The molecule has 132 valence electrons. The van der Waals surface area contributed by atoms with Crippen molar-refractivity contribution in [3.05, 3.63) is 57.5 Å². The number of aromatic amines is 2. The second-order valence-corrected chi connectivity index (χ2v) is 8.39. The molecule has 0 amide bonds. The van der Waals surface area contributed by atoms with E-state index in [2.05, 4.69) is 28.5 Å². The average molecular weight is 380 g/mol. The Morgan fingerprint density at radius 1 is 1.08 bits per heavy atom. The van der Waals surface area contributed by atoms with E-state index in [1.807, 2.05) is 12.1 Å². The van der Waals surface area contributed by atoms with Gasteiger partial charge < -0.3 is 9.97 Å². The Morgan fingerprint density at radius 2 is 1.68 bits per heavy atom. The number of hydrogen-bond donors (Lipinski definition) is 3. The largest absolute Gasteiger partial charge is 0.323 e. The van der Waals surface area contributed by atoms with Gasteiger partial charge >= 0.3 is 5.69 Å². The third-order valence-electron chi connectivity index (χ3n) is 3.73. The number of rotatable bonds is 5. The predicted octanol–water partition coefficient (Wildman–Crippen LogP) is 3.51. The van der Waals surface area contributed by atoms with Crippen LogP contribution in [0, 0.1) is 5.92 Å². The van der Waals surface area contributed by atoms with Crippen LogP contribution in [-0.4, -0.2) is 18.4 Å². The zero-order chi connectivity index (χ0) is 18.2. The highest BCUT2D eigenvalue weighted by molar-refractivity contribution is 7.92. The molecule has 3 N–H and O–H groups in total. The Hall–Kier alpha value is -2.25. The van der Waals surface area contributed by atoms with E-state index in [0.29, 0.717) is 17.0 Å². The molecule has 0 aliphatic rings. The Morgan fingerprint density at radius 3 is 2.28 bits per heavy atom. The SMILES string of the molecule is CC(C)Cc1ccc(S(=O)(=O)Nc2cc3[nH]c(=O)[nH]c3cc2Cl)cc1. The number of fused-ring (bicyclic) bond motifs is 1. The van der Waals surface area contributed by atoms with Crippen LogP contribution in [0.15, 0.2) is 46.1 Å². The van der Waals surface area contributed by atoms with E-state index in [1.54, 1.807) is 12.1 Å². The van der Waals surface area contributed by atoms with Crippen molar-refractivity contribution < 1.29 is 8.42 Å². The van der Waals surface area contributed by atoms with Gasteiger partial charge in [-0.25, -0.2) is 13.2 Å². The number of nitrogens with one attached hydrogen (secondary N) is 3. The van der Waals surface area contributed by atoms with Gasteiger partial charge in [-0.2, -0.15) is 0 Å². The van der Waals surface area contributed by atoms with Crippen LogP contribution >= 0.6 is 11.6 Å². The summed E-state index contributed by atoms with van der Waals surface area (Å²) < 4.78 is 27.6. The van der Waals surface area contributed by atoms with Gasteiger partial charge in [-0.3, -0.25) is 4.72 Å². The zero-order valence-corrected chi connectivity index (χ0v) is 15.3. The fourth-order valence-electron chi connectivity index (χ4n) is 2.61. The molecule has 0 bridgehead atoms. The normalized spacial score (nSPS) is 12.0. The van der Waals surface area contributed by atoms with E-state index < -0.39 is 10.0 Å². The molecule has 1 aromatic heterocycles. The molecule has 3 aromatic rings. The molecule has 0 spiro atoms. The molecule has 0 aliphatic heterocycles. The van der Waals surface area contributed by atoms with Crippen LogP contribution in [0.5, 0.6) is 0 Å². The summed E-state index contributed by atoms with van der Waals surface area (Å²) in [6.45, 7) is 4.21. The molecule has 0 fully saturated rings. The van der Waals surface area contributed by atoms with Crippen LogP contribution in [0.2, 0.25) is 5.02 Å². The Labute approximate surface area is 150 Å². The second-order valence-electron chi connectivity index (χ2n) is 6.30. The van der Waals surface area contributed by atoms with Gasteiger partial charge in [-0.1, -0.05) is 37.6 Å². The summed E-state index contributed by atoms with van der Waals surface area (Å²) in [7, 11) is -3.78. The van der Waals surface area contributed by atoms with Gasteiger partial charge in [0.25, 0.3) is 10.0 Å². The fraction of sp³-hybridized carbons (Fsp3) is 0.235. The minimum Gasteiger partial charge on any atom is -0.306 e. The molecule has 0 unspecified atom stereocenters. The Kier molecular flexibility index (Phi) is 4.62. The third kappa shape index (κ3) is 3.88. The molecule has 1 heterocycles. The minimum absolute atomic E-state index is 0.152. The lowest BCUT2D eigenvalue weighted by atomic mass is 10.0. The van der Waals surface area contributed by atoms with Gasteiger partial charge in [0.1, 0.15) is 0 Å². The highest BCUT2D eigenvalue weighted by Gasteiger charge is 2.17. The van der Waals surface area contributed by atoms with E-state index in [0.717, 1.165) is 12.0 Å². The smallest absolute Gasteiger partial charge is 0.306 e. The lowest BCUT2D eigenvalue weighted by Gasteiger charge is -2.11. The van der Waals surface area contributed by atoms with Crippen molar-refractivity contribution in [2.45, 2.75) is 25.2 Å². The summed E-state index contributed by atoms with van der Waals surface area (Å²) >= 11 is 6.13. The number of halogens is 1. The maximum absolute atomic E-state index is 12.6. The van der Waals surface area contributed by atoms with Gasteiger partial charge in [0.15, 0.2) is 0 Å². The molecular weight excluding hydrogens is 362 g/mol. The maximum atomic E-state index is 12.6. The number of hydrogen-bond acceptors (Lipinski definition) is 3. The van der Waals surface area contributed by atoms with Crippen molar-refractivity contribution >= 4 is 38.3 Å². The van der Waals surface area contributed by atoms with Gasteiger partial charge in [-0.15, -0.1) is 0 Å². The Balaban J connectivity index is 1.90. The summed E-state index contributed by atoms with van der Waals surface area (Å²) in [6.07, 6.45) is 0.886. The fourth-order valence-corrected chi connectivity index (χ4v) is 3.95. The van der Waals surface area contributed by atoms with Crippen LogP contribution in [0.3, 0.4) is 0 Å². The molecule has 0 radical (unpaired) electrons. The van der Waals surface area contributed by atoms with Crippen molar-refractivity contribution in [3.63, 3.8) is 0 Å². The topological polar surface area (TPSA) is 94.8 Å². The summed E-state index contributed by atoms with van der Waals surface area (Å²) in [6, 6.07) is 9.75. The van der Waals surface area contributed by atoms with Crippen LogP contribution in [-0.2, 0) is 16.4 Å². The molecule has 6 nitrogen and oxygen atoms in total. The average Bonchev–Trinajstić information content (AvgIpc) is 2.86. The second kappa shape index (κ2) is 6.57. The van der Waals surface area contributed by atoms with E-state index in [-0.39, 0.29) is 21.3 Å². The number of aromatic nitrogens is 2. The first-order chi connectivity index (χ1) is 11.7. The summed E-state index contributed by atoms with van der Waals surface area (Å²) in [4.78, 5) is 16.6. The number of imidazole rings is 1. The maximum Gasteiger partial charge on any atom is 0.323 e. The number of H-pyrrole nitrogens is 2. The molecule has 0 aliphatic carbocycles. The first-order valence-electron chi connectivity index (χ1n) is 7.78. The molecule has 3 rings (SSSR count). The highest BCUT2D eigenvalue weighted by atomic mass is 35.5. The first kappa shape index (κ1) is 17.6. The molecular formula is C17H18ClN3O3S. The van der Waals surface area contributed by atoms with Gasteiger partial charge in [-0.05, 0) is 42.2 Å². The van der Waals surface area contributed by atoms with E-state index in [1.165, 1.54) is 12.1 Å². The van der Waals surface area contributed by atoms with E-state index in [9.17, 15) is 13.2 Å². The van der Waals surface area contributed by atoms with Crippen LogP contribution in [0.4, 0.5) is 5.69 Å². The molecule has 0 saturated carbocycles. The van der Waals surface area contributed by atoms with Crippen LogP contribution in [0.1, 0.15) is 19.4 Å². The number of sulfonamides is 1. The van der Waals surface area contributed by atoms with Crippen molar-refractivity contribution in [1.29, 1.82) is 0 Å². The lowest BCUT2D eigenvalue weighted by Crippen LogP contribution is -2.13. The monoisotopic (exact) mass is 379 g/mol. The van der Waals surface area contributed by atoms with Gasteiger partial charge in [0, 0.05) is 0 Å². The summed E-state index contributed by atoms with van der Waals surface area (Å²) in [5.74, 6) is 0.495. The lowest BCUT2D eigenvalue weighted by molar-refractivity contribution is 0.601. The molecule has 8 heteroatoms. The highest BCUT2D eigenvalue weighted by Crippen LogP contribution is 2.28. The quantitative estimate of drug-likeness (QED) is 0.633.